The number of hydrogen-bond acceptors (Lipinski definition) is 3. The molecule has 0 aliphatic carbocycles. The minimum Gasteiger partial charge on any atom is -0.357 e. The highest BCUT2D eigenvalue weighted by atomic mass is 16.2. The topological polar surface area (TPSA) is 61.4 Å². The van der Waals surface area contributed by atoms with Gasteiger partial charge in [0.2, 0.25) is 11.8 Å². The molecule has 1 saturated heterocycles. The Morgan fingerprint density at radius 1 is 1.29 bits per heavy atom. The molecule has 0 saturated carbocycles. The van der Waals surface area contributed by atoms with Crippen LogP contribution in [0.5, 0.6) is 0 Å². The van der Waals surface area contributed by atoms with E-state index in [1.54, 1.807) is 11.9 Å². The van der Waals surface area contributed by atoms with Gasteiger partial charge < -0.3 is 15.5 Å². The maximum Gasteiger partial charge on any atom is 0.243 e. The average molecular weight is 289 g/mol. The fourth-order valence-corrected chi connectivity index (χ4v) is 2.69. The van der Waals surface area contributed by atoms with E-state index in [0.29, 0.717) is 19.6 Å². The minimum absolute atomic E-state index is 0.0104. The van der Waals surface area contributed by atoms with Gasteiger partial charge in [-0.25, -0.2) is 0 Å². The molecule has 21 heavy (non-hydrogen) atoms. The number of nitrogens with zero attached hydrogens (tertiary/aromatic N) is 1. The van der Waals surface area contributed by atoms with Crippen LogP contribution in [0.2, 0.25) is 0 Å². The molecular weight excluding hydrogens is 266 g/mol. The van der Waals surface area contributed by atoms with Crippen molar-refractivity contribution in [3.8, 4) is 0 Å². The summed E-state index contributed by atoms with van der Waals surface area (Å²) in [6, 6.07) is 9.25. The second-order valence-corrected chi connectivity index (χ2v) is 5.82. The standard InChI is InChI=1S/C16H23N3O2/c1-16(2,12-7-5-4-6-8-12)15(21)19-10-9-18-11-13(19)14(20)17-3/h4-8,13,18H,9-11H2,1-3H3,(H,17,20). The second-order valence-electron chi connectivity index (χ2n) is 5.82. The number of hydrogen-bond donors (Lipinski definition) is 2. The van der Waals surface area contributed by atoms with Crippen molar-refractivity contribution in [2.75, 3.05) is 26.7 Å². The fourth-order valence-electron chi connectivity index (χ4n) is 2.69. The zero-order valence-corrected chi connectivity index (χ0v) is 12.8. The first kappa shape index (κ1) is 15.5. The Labute approximate surface area is 125 Å². The van der Waals surface area contributed by atoms with E-state index in [0.717, 1.165) is 5.56 Å². The Kier molecular flexibility index (Phi) is 4.63. The van der Waals surface area contributed by atoms with E-state index in [9.17, 15) is 9.59 Å². The summed E-state index contributed by atoms with van der Waals surface area (Å²) in [6.45, 7) is 5.58. The molecule has 1 fully saturated rings. The smallest absolute Gasteiger partial charge is 0.243 e. The highest BCUT2D eigenvalue weighted by molar-refractivity contribution is 5.93. The third kappa shape index (κ3) is 3.08. The molecule has 0 aromatic heterocycles. The van der Waals surface area contributed by atoms with Crippen LogP contribution in [0, 0.1) is 0 Å². The highest BCUT2D eigenvalue weighted by Gasteiger charge is 2.39. The van der Waals surface area contributed by atoms with Crippen molar-refractivity contribution >= 4 is 11.8 Å². The Balaban J connectivity index is 2.26. The molecule has 2 N–H and O–H groups in total. The first-order chi connectivity index (χ1) is 9.98. The Hall–Kier alpha value is -1.88. The van der Waals surface area contributed by atoms with Gasteiger partial charge in [-0.15, -0.1) is 0 Å². The number of likely N-dealkylation sites (N-methyl/N-ethyl adjacent to an activating group) is 1. The van der Waals surface area contributed by atoms with Gasteiger partial charge in [0, 0.05) is 26.7 Å². The quantitative estimate of drug-likeness (QED) is 0.852. The molecule has 0 spiro atoms. The van der Waals surface area contributed by atoms with E-state index in [4.69, 9.17) is 0 Å². The molecule has 2 rings (SSSR count). The van der Waals surface area contributed by atoms with Gasteiger partial charge in [-0.05, 0) is 19.4 Å². The summed E-state index contributed by atoms with van der Waals surface area (Å²) in [5.74, 6) is -0.136. The molecule has 1 atom stereocenters. The number of piperazine rings is 1. The van der Waals surface area contributed by atoms with Gasteiger partial charge in [0.25, 0.3) is 0 Å². The summed E-state index contributed by atoms with van der Waals surface area (Å²) >= 11 is 0. The number of carbonyl (C=O) groups excluding carboxylic acids is 2. The van der Waals surface area contributed by atoms with Gasteiger partial charge in [0.15, 0.2) is 0 Å². The van der Waals surface area contributed by atoms with Crippen LogP contribution in [-0.4, -0.2) is 49.4 Å². The lowest BCUT2D eigenvalue weighted by Crippen LogP contribution is -2.61. The van der Waals surface area contributed by atoms with Crippen molar-refractivity contribution in [1.82, 2.24) is 15.5 Å². The third-order valence-corrected chi connectivity index (χ3v) is 4.08. The zero-order chi connectivity index (χ0) is 15.5. The summed E-state index contributed by atoms with van der Waals surface area (Å²) in [4.78, 5) is 26.7. The van der Waals surface area contributed by atoms with E-state index in [1.807, 2.05) is 44.2 Å². The van der Waals surface area contributed by atoms with Crippen LogP contribution < -0.4 is 10.6 Å². The fraction of sp³-hybridized carbons (Fsp3) is 0.500. The van der Waals surface area contributed by atoms with Gasteiger partial charge in [-0.1, -0.05) is 30.3 Å². The molecular formula is C16H23N3O2. The number of rotatable bonds is 3. The van der Waals surface area contributed by atoms with Crippen LogP contribution in [-0.2, 0) is 15.0 Å². The predicted molar refractivity (Wildman–Crippen MR) is 81.9 cm³/mol. The average Bonchev–Trinajstić information content (AvgIpc) is 2.54. The van der Waals surface area contributed by atoms with Crippen LogP contribution in [0.1, 0.15) is 19.4 Å². The summed E-state index contributed by atoms with van der Waals surface area (Å²) < 4.78 is 0. The van der Waals surface area contributed by atoms with Crippen LogP contribution in [0.25, 0.3) is 0 Å². The lowest BCUT2D eigenvalue weighted by Gasteiger charge is -2.39. The van der Waals surface area contributed by atoms with Gasteiger partial charge in [0.1, 0.15) is 6.04 Å². The van der Waals surface area contributed by atoms with Crippen molar-refractivity contribution in [2.24, 2.45) is 0 Å². The maximum absolute atomic E-state index is 13.0. The molecule has 0 bridgehead atoms. The lowest BCUT2D eigenvalue weighted by atomic mass is 9.82. The molecule has 5 nitrogen and oxygen atoms in total. The minimum atomic E-state index is -0.648. The SMILES string of the molecule is CNC(=O)C1CNCCN1C(=O)C(C)(C)c1ccccc1. The van der Waals surface area contributed by atoms with E-state index in [-0.39, 0.29) is 11.8 Å². The molecule has 1 aromatic carbocycles. The zero-order valence-electron chi connectivity index (χ0n) is 12.8. The van der Waals surface area contributed by atoms with Gasteiger partial charge in [-0.2, -0.15) is 0 Å². The highest BCUT2D eigenvalue weighted by Crippen LogP contribution is 2.26. The molecule has 2 amide bonds. The van der Waals surface area contributed by atoms with Crippen LogP contribution in [0.4, 0.5) is 0 Å². The summed E-state index contributed by atoms with van der Waals surface area (Å²) in [6.07, 6.45) is 0. The first-order valence-corrected chi connectivity index (χ1v) is 7.27. The van der Waals surface area contributed by atoms with Gasteiger partial charge in [0.05, 0.1) is 5.41 Å². The predicted octanol–water partition coefficient (Wildman–Crippen LogP) is 0.511. The number of nitrogens with one attached hydrogen (secondary N) is 2. The van der Waals surface area contributed by atoms with Crippen molar-refractivity contribution in [3.63, 3.8) is 0 Å². The largest absolute Gasteiger partial charge is 0.357 e. The maximum atomic E-state index is 13.0. The number of benzene rings is 1. The number of carbonyl (C=O) groups is 2. The van der Waals surface area contributed by atoms with Crippen molar-refractivity contribution in [1.29, 1.82) is 0 Å². The summed E-state index contributed by atoms with van der Waals surface area (Å²) in [7, 11) is 1.60. The normalized spacial score (nSPS) is 19.2. The first-order valence-electron chi connectivity index (χ1n) is 7.27. The van der Waals surface area contributed by atoms with Gasteiger partial charge >= 0.3 is 0 Å². The molecule has 1 unspecified atom stereocenters. The third-order valence-electron chi connectivity index (χ3n) is 4.08. The second kappa shape index (κ2) is 6.26. The van der Waals surface area contributed by atoms with Crippen LogP contribution >= 0.6 is 0 Å². The Morgan fingerprint density at radius 3 is 2.57 bits per heavy atom. The van der Waals surface area contributed by atoms with E-state index >= 15 is 0 Å². The van der Waals surface area contributed by atoms with Crippen molar-refractivity contribution < 1.29 is 9.59 Å². The molecule has 1 heterocycles. The molecule has 1 aliphatic rings. The molecule has 0 radical (unpaired) electrons. The van der Waals surface area contributed by atoms with E-state index in [1.165, 1.54) is 0 Å². The van der Waals surface area contributed by atoms with E-state index < -0.39 is 11.5 Å². The van der Waals surface area contributed by atoms with Crippen LogP contribution in [0.3, 0.4) is 0 Å². The molecule has 1 aliphatic heterocycles. The monoisotopic (exact) mass is 289 g/mol. The van der Waals surface area contributed by atoms with Crippen molar-refractivity contribution in [3.05, 3.63) is 35.9 Å². The Morgan fingerprint density at radius 2 is 1.95 bits per heavy atom. The number of amides is 2. The van der Waals surface area contributed by atoms with Crippen molar-refractivity contribution in [2.45, 2.75) is 25.3 Å². The van der Waals surface area contributed by atoms with Gasteiger partial charge in [-0.3, -0.25) is 9.59 Å². The van der Waals surface area contributed by atoms with Crippen LogP contribution in [0.15, 0.2) is 30.3 Å². The molecule has 1 aromatic rings. The van der Waals surface area contributed by atoms with E-state index in [2.05, 4.69) is 10.6 Å². The Bertz CT molecular complexity index is 514. The summed E-state index contributed by atoms with van der Waals surface area (Å²) in [5.41, 5.74) is 0.314. The summed E-state index contributed by atoms with van der Waals surface area (Å²) in [5, 5.41) is 5.81. The molecule has 5 heteroatoms. The lowest BCUT2D eigenvalue weighted by molar-refractivity contribution is -0.145. The molecule has 114 valence electrons.